The second-order valence-electron chi connectivity index (χ2n) is 15.1. The van der Waals surface area contributed by atoms with Crippen LogP contribution in [0.15, 0.2) is 215 Å². The third-order valence-electron chi connectivity index (χ3n) is 11.0. The highest BCUT2D eigenvalue weighted by Gasteiger charge is 2.16. The highest BCUT2D eigenvalue weighted by Crippen LogP contribution is 2.34. The van der Waals surface area contributed by atoms with Crippen molar-refractivity contribution in [3.8, 4) is 90.6 Å². The van der Waals surface area contributed by atoms with Crippen LogP contribution in [-0.2, 0) is 0 Å². The first-order valence-electron chi connectivity index (χ1n) is 20.6. The van der Waals surface area contributed by atoms with Crippen LogP contribution in [0.1, 0.15) is 0 Å². The van der Waals surface area contributed by atoms with Crippen molar-refractivity contribution in [1.82, 2.24) is 29.9 Å². The number of aromatic nitrogens is 6. The normalized spacial score (nSPS) is 11.2. The second-order valence-corrected chi connectivity index (χ2v) is 15.1. The minimum absolute atomic E-state index is 0.411. The Balaban J connectivity index is 0.936. The van der Waals surface area contributed by atoms with E-state index < -0.39 is 5.63 Å². The van der Waals surface area contributed by atoms with E-state index in [2.05, 4.69) is 12.1 Å². The molecule has 63 heavy (non-hydrogen) atoms. The zero-order chi connectivity index (χ0) is 42.1. The number of hydrogen-bond acceptors (Lipinski definition) is 8. The lowest BCUT2D eigenvalue weighted by Gasteiger charge is -2.11. The van der Waals surface area contributed by atoms with Crippen LogP contribution in [0.4, 0.5) is 0 Å². The molecule has 0 atom stereocenters. The first-order valence-corrected chi connectivity index (χ1v) is 20.6. The molecule has 8 aromatic carbocycles. The average Bonchev–Trinajstić information content (AvgIpc) is 3.37. The van der Waals surface area contributed by atoms with Crippen LogP contribution in [-0.4, -0.2) is 29.9 Å². The van der Waals surface area contributed by atoms with Crippen molar-refractivity contribution in [3.05, 3.63) is 217 Å². The van der Waals surface area contributed by atoms with E-state index in [1.807, 2.05) is 194 Å². The molecular formula is C55H34N6O2. The van der Waals surface area contributed by atoms with Crippen molar-refractivity contribution >= 4 is 21.7 Å². The van der Waals surface area contributed by atoms with Crippen LogP contribution in [0.25, 0.3) is 112 Å². The topological polar surface area (TPSA) is 108 Å². The molecule has 0 saturated heterocycles. The van der Waals surface area contributed by atoms with Gasteiger partial charge in [0.1, 0.15) is 5.58 Å². The highest BCUT2D eigenvalue weighted by molar-refractivity contribution is 6.06. The minimum atomic E-state index is -0.411. The SMILES string of the molecule is O=c1oc2cc(-c3cccc(-c4nc(-c5ccccc5)nc(-c5ccccc5)n4)c3)ccc2c2ccc(-c3cccc(-c4nc(-c5ccccc5)nc(-c5ccccc5)n4)c3)cc12. The highest BCUT2D eigenvalue weighted by atomic mass is 16.4. The van der Waals surface area contributed by atoms with Gasteiger partial charge >= 0.3 is 5.63 Å². The van der Waals surface area contributed by atoms with Crippen molar-refractivity contribution in [2.75, 3.05) is 0 Å². The van der Waals surface area contributed by atoms with E-state index in [9.17, 15) is 4.79 Å². The summed E-state index contributed by atoms with van der Waals surface area (Å²) < 4.78 is 6.06. The Hall–Kier alpha value is -8.75. The molecule has 0 N–H and O–H groups in total. The molecule has 0 saturated carbocycles. The Labute approximate surface area is 362 Å². The predicted octanol–water partition coefficient (Wildman–Crippen LogP) is 12.7. The van der Waals surface area contributed by atoms with Crippen LogP contribution < -0.4 is 5.63 Å². The number of fused-ring (bicyclic) bond motifs is 3. The second kappa shape index (κ2) is 16.0. The average molecular weight is 811 g/mol. The molecule has 0 aliphatic carbocycles. The molecule has 296 valence electrons. The van der Waals surface area contributed by atoms with Gasteiger partial charge in [-0.25, -0.2) is 34.7 Å². The summed E-state index contributed by atoms with van der Waals surface area (Å²) >= 11 is 0. The lowest BCUT2D eigenvalue weighted by molar-refractivity contribution is 0.570. The molecule has 11 aromatic rings. The molecule has 8 heteroatoms. The van der Waals surface area contributed by atoms with E-state index in [4.69, 9.17) is 34.3 Å². The van der Waals surface area contributed by atoms with E-state index in [-0.39, 0.29) is 0 Å². The van der Waals surface area contributed by atoms with Crippen LogP contribution in [0.2, 0.25) is 0 Å². The van der Waals surface area contributed by atoms with Gasteiger partial charge in [0.2, 0.25) is 0 Å². The molecule has 3 heterocycles. The molecular weight excluding hydrogens is 777 g/mol. The smallest absolute Gasteiger partial charge is 0.344 e. The standard InChI is InChI=1S/C55H34N6O2/c62-55-47-33-41(39-23-13-25-43(31-39)53-58-49(35-15-5-1-6-16-35)56-50(59-53)36-17-7-2-8-18-36)27-29-45(47)46-30-28-42(34-48(46)63-55)40-24-14-26-44(32-40)54-60-51(37-19-9-3-10-20-37)57-52(61-54)38-21-11-4-12-22-38/h1-34H. The molecule has 0 unspecified atom stereocenters. The summed E-state index contributed by atoms with van der Waals surface area (Å²) in [6.45, 7) is 0. The van der Waals surface area contributed by atoms with E-state index in [1.165, 1.54) is 0 Å². The van der Waals surface area contributed by atoms with Crippen LogP contribution in [0.5, 0.6) is 0 Å². The summed E-state index contributed by atoms with van der Waals surface area (Å²) in [7, 11) is 0. The van der Waals surface area contributed by atoms with Gasteiger partial charge < -0.3 is 4.42 Å². The van der Waals surface area contributed by atoms with E-state index in [1.54, 1.807) is 0 Å². The van der Waals surface area contributed by atoms with Crippen molar-refractivity contribution in [1.29, 1.82) is 0 Å². The zero-order valence-electron chi connectivity index (χ0n) is 33.6. The lowest BCUT2D eigenvalue weighted by atomic mass is 9.97. The van der Waals surface area contributed by atoms with Gasteiger partial charge in [-0.1, -0.05) is 176 Å². The number of rotatable bonds is 8. The Morgan fingerprint density at radius 3 is 0.984 bits per heavy atom. The van der Waals surface area contributed by atoms with Crippen molar-refractivity contribution < 1.29 is 4.42 Å². The van der Waals surface area contributed by atoms with Crippen LogP contribution in [0, 0.1) is 0 Å². The zero-order valence-corrected chi connectivity index (χ0v) is 33.6. The quantitative estimate of drug-likeness (QED) is 0.110. The maximum Gasteiger partial charge on any atom is 0.344 e. The largest absolute Gasteiger partial charge is 0.422 e. The number of hydrogen-bond donors (Lipinski definition) is 0. The summed E-state index contributed by atoms with van der Waals surface area (Å²) in [4.78, 5) is 43.1. The molecule has 0 aliphatic rings. The van der Waals surface area contributed by atoms with Gasteiger partial charge in [-0.2, -0.15) is 0 Å². The van der Waals surface area contributed by atoms with Gasteiger partial charge in [0, 0.05) is 38.8 Å². The van der Waals surface area contributed by atoms with Gasteiger partial charge in [0.05, 0.1) is 5.39 Å². The fourth-order valence-electron chi connectivity index (χ4n) is 7.84. The van der Waals surface area contributed by atoms with Gasteiger partial charge in [-0.15, -0.1) is 0 Å². The summed E-state index contributed by atoms with van der Waals surface area (Å²) in [5, 5.41) is 2.15. The van der Waals surface area contributed by atoms with Crippen molar-refractivity contribution in [3.63, 3.8) is 0 Å². The first-order chi connectivity index (χ1) is 31.1. The van der Waals surface area contributed by atoms with Gasteiger partial charge in [-0.3, -0.25) is 0 Å². The fraction of sp³-hybridized carbons (Fsp3) is 0. The molecule has 0 fully saturated rings. The van der Waals surface area contributed by atoms with E-state index in [0.717, 1.165) is 66.4 Å². The fourth-order valence-corrected chi connectivity index (χ4v) is 7.84. The van der Waals surface area contributed by atoms with E-state index >= 15 is 0 Å². The molecule has 0 amide bonds. The Kier molecular flexibility index (Phi) is 9.48. The summed E-state index contributed by atoms with van der Waals surface area (Å²) in [5.74, 6) is 3.49. The molecule has 0 radical (unpaired) electrons. The Morgan fingerprint density at radius 2 is 0.571 bits per heavy atom. The van der Waals surface area contributed by atoms with Crippen molar-refractivity contribution in [2.45, 2.75) is 0 Å². The Morgan fingerprint density at radius 1 is 0.254 bits per heavy atom. The molecule has 0 spiro atoms. The molecule has 8 nitrogen and oxygen atoms in total. The maximum absolute atomic E-state index is 13.8. The molecule has 0 bridgehead atoms. The van der Waals surface area contributed by atoms with Gasteiger partial charge in [0.15, 0.2) is 34.9 Å². The maximum atomic E-state index is 13.8. The van der Waals surface area contributed by atoms with Gasteiger partial charge in [-0.05, 0) is 58.0 Å². The molecule has 11 rings (SSSR count). The first kappa shape index (κ1) is 37.3. The van der Waals surface area contributed by atoms with Crippen molar-refractivity contribution in [2.24, 2.45) is 0 Å². The summed E-state index contributed by atoms with van der Waals surface area (Å²) in [5.41, 5.74) is 8.98. The monoisotopic (exact) mass is 810 g/mol. The van der Waals surface area contributed by atoms with E-state index in [0.29, 0.717) is 45.9 Å². The van der Waals surface area contributed by atoms with Crippen LogP contribution in [0.3, 0.4) is 0 Å². The number of benzene rings is 8. The number of nitrogens with zero attached hydrogens (tertiary/aromatic N) is 6. The predicted molar refractivity (Wildman–Crippen MR) is 250 cm³/mol. The third kappa shape index (κ3) is 7.42. The summed E-state index contributed by atoms with van der Waals surface area (Å²) in [6.07, 6.45) is 0. The Bertz CT molecular complexity index is 3410. The summed E-state index contributed by atoms with van der Waals surface area (Å²) in [6, 6.07) is 67.7. The lowest BCUT2D eigenvalue weighted by Crippen LogP contribution is -2.01. The van der Waals surface area contributed by atoms with Gasteiger partial charge in [0.25, 0.3) is 0 Å². The molecule has 0 aliphatic heterocycles. The minimum Gasteiger partial charge on any atom is -0.422 e. The molecule has 3 aromatic heterocycles. The third-order valence-corrected chi connectivity index (χ3v) is 11.0. The van der Waals surface area contributed by atoms with Crippen LogP contribution >= 0.6 is 0 Å².